The van der Waals surface area contributed by atoms with Gasteiger partial charge in [0.1, 0.15) is 17.8 Å². The predicted octanol–water partition coefficient (Wildman–Crippen LogP) is 3.51. The topological polar surface area (TPSA) is 79.0 Å². The molecule has 4 rings (SSSR count). The Morgan fingerprint density at radius 3 is 2.61 bits per heavy atom. The maximum absolute atomic E-state index is 13.1. The van der Waals surface area contributed by atoms with Crippen molar-refractivity contribution in [3.8, 4) is 5.75 Å². The number of urea groups is 1. The highest BCUT2D eigenvalue weighted by Crippen LogP contribution is 2.28. The molecule has 0 bridgehead atoms. The van der Waals surface area contributed by atoms with Crippen molar-refractivity contribution in [3.05, 3.63) is 59.7 Å². The number of benzene rings is 2. The first-order valence-electron chi connectivity index (χ1n) is 10.8. The Morgan fingerprint density at radius 1 is 1.15 bits per heavy atom. The number of nitrogens with one attached hydrogen (secondary N) is 1. The fourth-order valence-corrected chi connectivity index (χ4v) is 4.31. The molecular formula is C24H25F2N3O4. The average Bonchev–Trinajstić information content (AvgIpc) is 3.01. The zero-order valence-corrected chi connectivity index (χ0v) is 18.2. The quantitative estimate of drug-likeness (QED) is 0.646. The lowest BCUT2D eigenvalue weighted by Gasteiger charge is -2.30. The van der Waals surface area contributed by atoms with Gasteiger partial charge in [0.25, 0.3) is 5.91 Å². The third-order valence-corrected chi connectivity index (χ3v) is 6.11. The number of carbonyl (C=O) groups excluding carboxylic acids is 3. The molecule has 1 fully saturated rings. The van der Waals surface area contributed by atoms with E-state index in [1.54, 1.807) is 24.0 Å². The van der Waals surface area contributed by atoms with Gasteiger partial charge in [-0.25, -0.2) is 4.79 Å². The minimum atomic E-state index is -2.90. The van der Waals surface area contributed by atoms with Gasteiger partial charge in [0.05, 0.1) is 0 Å². The van der Waals surface area contributed by atoms with E-state index < -0.39 is 24.1 Å². The standard InChI is InChI=1S/C24H25F2N3O4/c1-24(13-12-16-8-10-18(11-9-16)33-22(25)26)21(31)29(23(32)27-24)15-20(30)28-14-4-6-17-5-2-3-7-19(17)28/h2-3,5,7-11,22H,4,6,12-15H2,1H3,(H,27,32). The molecule has 1 N–H and O–H groups in total. The number of aryl methyl sites for hydroxylation is 2. The maximum atomic E-state index is 13.1. The number of hydrogen-bond donors (Lipinski definition) is 1. The van der Waals surface area contributed by atoms with Gasteiger partial charge in [0.15, 0.2) is 0 Å². The number of fused-ring (bicyclic) bond motifs is 1. The first kappa shape index (κ1) is 22.7. The Labute approximate surface area is 190 Å². The molecule has 0 saturated carbocycles. The van der Waals surface area contributed by atoms with Crippen molar-refractivity contribution in [2.24, 2.45) is 0 Å². The van der Waals surface area contributed by atoms with Gasteiger partial charge < -0.3 is 15.0 Å². The zero-order valence-electron chi connectivity index (χ0n) is 18.2. The minimum absolute atomic E-state index is 0.0502. The van der Waals surface area contributed by atoms with E-state index in [1.807, 2.05) is 24.3 Å². The summed E-state index contributed by atoms with van der Waals surface area (Å²) in [5, 5.41) is 2.71. The zero-order chi connectivity index (χ0) is 23.6. The van der Waals surface area contributed by atoms with Crippen LogP contribution in [0.3, 0.4) is 0 Å². The highest BCUT2D eigenvalue weighted by Gasteiger charge is 2.48. The van der Waals surface area contributed by atoms with Gasteiger partial charge in [0, 0.05) is 12.2 Å². The number of carbonyl (C=O) groups is 3. The van der Waals surface area contributed by atoms with E-state index in [0.717, 1.165) is 34.6 Å². The lowest BCUT2D eigenvalue weighted by Crippen LogP contribution is -2.47. The number of alkyl halides is 2. The van der Waals surface area contributed by atoms with Crippen molar-refractivity contribution in [2.75, 3.05) is 18.0 Å². The molecule has 33 heavy (non-hydrogen) atoms. The Morgan fingerprint density at radius 2 is 1.88 bits per heavy atom. The largest absolute Gasteiger partial charge is 0.435 e. The molecule has 2 aromatic rings. The van der Waals surface area contributed by atoms with Crippen LogP contribution in [0.25, 0.3) is 0 Å². The Kier molecular flexibility index (Phi) is 6.31. The highest BCUT2D eigenvalue weighted by atomic mass is 19.3. The Hall–Kier alpha value is -3.49. The van der Waals surface area contributed by atoms with E-state index in [-0.39, 0.29) is 18.2 Å². The van der Waals surface area contributed by atoms with Gasteiger partial charge in [0.2, 0.25) is 5.91 Å². The second-order valence-corrected chi connectivity index (χ2v) is 8.45. The molecule has 2 aliphatic rings. The molecule has 7 nitrogen and oxygen atoms in total. The summed E-state index contributed by atoms with van der Waals surface area (Å²) in [7, 11) is 0. The number of nitrogens with zero attached hydrogens (tertiary/aromatic N) is 2. The third-order valence-electron chi connectivity index (χ3n) is 6.11. The number of halogens is 2. The van der Waals surface area contributed by atoms with Crippen molar-refractivity contribution in [3.63, 3.8) is 0 Å². The number of rotatable bonds is 7. The molecule has 0 spiro atoms. The van der Waals surface area contributed by atoms with Crippen LogP contribution >= 0.6 is 0 Å². The summed E-state index contributed by atoms with van der Waals surface area (Å²) in [4.78, 5) is 41.2. The fraction of sp³-hybridized carbons (Fsp3) is 0.375. The lowest BCUT2D eigenvalue weighted by atomic mass is 9.93. The summed E-state index contributed by atoms with van der Waals surface area (Å²) in [6, 6.07) is 13.2. The number of anilines is 1. The predicted molar refractivity (Wildman–Crippen MR) is 117 cm³/mol. The van der Waals surface area contributed by atoms with Crippen LogP contribution < -0.4 is 15.0 Å². The summed E-state index contributed by atoms with van der Waals surface area (Å²) in [6.45, 7) is -1.05. The van der Waals surface area contributed by atoms with Crippen molar-refractivity contribution in [1.29, 1.82) is 0 Å². The van der Waals surface area contributed by atoms with Crippen LogP contribution in [0.15, 0.2) is 48.5 Å². The van der Waals surface area contributed by atoms with Gasteiger partial charge in [-0.2, -0.15) is 8.78 Å². The fourth-order valence-electron chi connectivity index (χ4n) is 4.31. The molecule has 0 radical (unpaired) electrons. The normalized spacial score (nSPS) is 20.1. The number of para-hydroxylation sites is 1. The van der Waals surface area contributed by atoms with Gasteiger partial charge in [-0.1, -0.05) is 30.3 Å². The third kappa shape index (κ3) is 4.81. The van der Waals surface area contributed by atoms with E-state index in [2.05, 4.69) is 10.1 Å². The number of hydrogen-bond acceptors (Lipinski definition) is 4. The van der Waals surface area contributed by atoms with Crippen LogP contribution in [-0.4, -0.2) is 48.0 Å². The van der Waals surface area contributed by atoms with Crippen LogP contribution in [0.5, 0.6) is 5.75 Å². The molecule has 2 aromatic carbocycles. The second kappa shape index (κ2) is 9.17. The van der Waals surface area contributed by atoms with Crippen molar-refractivity contribution in [1.82, 2.24) is 10.2 Å². The molecular weight excluding hydrogens is 432 g/mol. The molecule has 1 unspecified atom stereocenters. The summed E-state index contributed by atoms with van der Waals surface area (Å²) < 4.78 is 28.9. The Balaban J connectivity index is 1.39. The van der Waals surface area contributed by atoms with Crippen molar-refractivity contribution >= 4 is 23.5 Å². The molecule has 0 aromatic heterocycles. The van der Waals surface area contributed by atoms with Gasteiger partial charge in [-0.3, -0.25) is 14.5 Å². The lowest BCUT2D eigenvalue weighted by molar-refractivity contribution is -0.134. The molecule has 9 heteroatoms. The SMILES string of the molecule is CC1(CCc2ccc(OC(F)F)cc2)NC(=O)N(CC(=O)N2CCCc3ccccc32)C1=O. The highest BCUT2D eigenvalue weighted by molar-refractivity contribution is 6.10. The van der Waals surface area contributed by atoms with Gasteiger partial charge >= 0.3 is 12.6 Å². The molecule has 2 aliphatic heterocycles. The van der Waals surface area contributed by atoms with E-state index in [0.29, 0.717) is 19.4 Å². The summed E-state index contributed by atoms with van der Waals surface area (Å²) in [5.41, 5.74) is 1.54. The first-order valence-corrected chi connectivity index (χ1v) is 10.8. The second-order valence-electron chi connectivity index (χ2n) is 8.45. The maximum Gasteiger partial charge on any atom is 0.387 e. The molecule has 0 aliphatic carbocycles. The number of amides is 4. The molecule has 174 valence electrons. The van der Waals surface area contributed by atoms with E-state index >= 15 is 0 Å². The summed E-state index contributed by atoms with van der Waals surface area (Å²) in [5.74, 6) is -0.706. The monoisotopic (exact) mass is 457 g/mol. The Bertz CT molecular complexity index is 1060. The van der Waals surface area contributed by atoms with E-state index in [4.69, 9.17) is 0 Å². The molecule has 1 atom stereocenters. The molecule has 2 heterocycles. The van der Waals surface area contributed by atoms with E-state index in [9.17, 15) is 23.2 Å². The van der Waals surface area contributed by atoms with Crippen LogP contribution in [0.4, 0.5) is 19.3 Å². The number of ether oxygens (including phenoxy) is 1. The number of imide groups is 1. The van der Waals surface area contributed by atoms with Crippen LogP contribution in [0, 0.1) is 0 Å². The van der Waals surface area contributed by atoms with Crippen molar-refractivity contribution in [2.45, 2.75) is 44.8 Å². The van der Waals surface area contributed by atoms with Crippen LogP contribution in [-0.2, 0) is 22.4 Å². The van der Waals surface area contributed by atoms with Crippen LogP contribution in [0.1, 0.15) is 30.9 Å². The van der Waals surface area contributed by atoms with Gasteiger partial charge in [-0.05, 0) is 61.9 Å². The van der Waals surface area contributed by atoms with Crippen LogP contribution in [0.2, 0.25) is 0 Å². The molecule has 1 saturated heterocycles. The summed E-state index contributed by atoms with van der Waals surface area (Å²) >= 11 is 0. The smallest absolute Gasteiger partial charge is 0.387 e. The first-order chi connectivity index (χ1) is 15.8. The summed E-state index contributed by atoms with van der Waals surface area (Å²) in [6.07, 6.45) is 2.43. The molecule has 4 amide bonds. The minimum Gasteiger partial charge on any atom is -0.435 e. The van der Waals surface area contributed by atoms with E-state index in [1.165, 1.54) is 12.1 Å². The van der Waals surface area contributed by atoms with Gasteiger partial charge in [-0.15, -0.1) is 0 Å². The van der Waals surface area contributed by atoms with Crippen molar-refractivity contribution < 1.29 is 27.9 Å². The average molecular weight is 457 g/mol.